The monoisotopic (exact) mass is 289 g/mol. The van der Waals surface area contributed by atoms with E-state index >= 15 is 0 Å². The third-order valence-corrected chi connectivity index (χ3v) is 4.70. The van der Waals surface area contributed by atoms with Crippen molar-refractivity contribution in [1.82, 2.24) is 5.32 Å². The number of hydrogen-bond acceptors (Lipinski definition) is 2. The van der Waals surface area contributed by atoms with Gasteiger partial charge in [0.05, 0.1) is 0 Å². The molecule has 0 radical (unpaired) electrons. The number of rotatable bonds is 4. The molecule has 3 heteroatoms. The van der Waals surface area contributed by atoms with Crippen LogP contribution < -0.4 is 5.32 Å². The zero-order valence-electron chi connectivity index (χ0n) is 13.4. The van der Waals surface area contributed by atoms with Gasteiger partial charge in [-0.1, -0.05) is 37.8 Å². The van der Waals surface area contributed by atoms with Gasteiger partial charge in [-0.2, -0.15) is 0 Å². The molecular formula is C18H27NO2. The van der Waals surface area contributed by atoms with Crippen molar-refractivity contribution in [2.45, 2.75) is 71.4 Å². The van der Waals surface area contributed by atoms with Crippen molar-refractivity contribution in [1.29, 1.82) is 0 Å². The third-order valence-electron chi connectivity index (χ3n) is 4.70. The van der Waals surface area contributed by atoms with E-state index in [2.05, 4.69) is 18.3 Å². The van der Waals surface area contributed by atoms with E-state index in [1.54, 1.807) is 0 Å². The summed E-state index contributed by atoms with van der Waals surface area (Å²) in [5.41, 5.74) is 4.35. The van der Waals surface area contributed by atoms with Gasteiger partial charge in [-0.25, -0.2) is 0 Å². The number of aliphatic carboxylic acids is 1. The van der Waals surface area contributed by atoms with Crippen LogP contribution in [-0.2, 0) is 4.79 Å². The van der Waals surface area contributed by atoms with E-state index in [1.165, 1.54) is 31.2 Å². The molecule has 2 rings (SSSR count). The molecule has 3 nitrogen and oxygen atoms in total. The molecule has 0 bridgehead atoms. The summed E-state index contributed by atoms with van der Waals surface area (Å²) in [6.07, 6.45) is 7.14. The SMILES string of the molecule is Cc1cc(C)c(C(NC2CCCCCC2)C(=O)O)cc1C. The van der Waals surface area contributed by atoms with E-state index in [0.29, 0.717) is 6.04 Å². The number of carbonyl (C=O) groups is 1. The molecule has 0 amide bonds. The lowest BCUT2D eigenvalue weighted by molar-refractivity contribution is -0.140. The molecular weight excluding hydrogens is 262 g/mol. The van der Waals surface area contributed by atoms with Crippen LogP contribution in [0.25, 0.3) is 0 Å². The Balaban J connectivity index is 2.22. The van der Waals surface area contributed by atoms with Crippen molar-refractivity contribution in [3.63, 3.8) is 0 Å². The van der Waals surface area contributed by atoms with Crippen LogP contribution >= 0.6 is 0 Å². The second-order valence-electron chi connectivity index (χ2n) is 6.42. The van der Waals surface area contributed by atoms with E-state index in [1.807, 2.05) is 19.9 Å². The Morgan fingerprint density at radius 2 is 1.62 bits per heavy atom. The molecule has 21 heavy (non-hydrogen) atoms. The average molecular weight is 289 g/mol. The minimum absolute atomic E-state index is 0.328. The van der Waals surface area contributed by atoms with Crippen molar-refractivity contribution in [3.05, 3.63) is 34.4 Å². The molecule has 1 fully saturated rings. The van der Waals surface area contributed by atoms with Gasteiger partial charge >= 0.3 is 5.97 Å². The summed E-state index contributed by atoms with van der Waals surface area (Å²) >= 11 is 0. The molecule has 116 valence electrons. The van der Waals surface area contributed by atoms with Crippen LogP contribution in [0, 0.1) is 20.8 Å². The van der Waals surface area contributed by atoms with Gasteiger partial charge in [0.15, 0.2) is 0 Å². The highest BCUT2D eigenvalue weighted by Gasteiger charge is 2.25. The average Bonchev–Trinajstić information content (AvgIpc) is 2.69. The number of nitrogens with one attached hydrogen (secondary N) is 1. The van der Waals surface area contributed by atoms with E-state index < -0.39 is 12.0 Å². The highest BCUT2D eigenvalue weighted by molar-refractivity contribution is 5.76. The lowest BCUT2D eigenvalue weighted by atomic mass is 9.94. The molecule has 0 heterocycles. The van der Waals surface area contributed by atoms with Crippen molar-refractivity contribution in [2.75, 3.05) is 0 Å². The molecule has 1 saturated carbocycles. The summed E-state index contributed by atoms with van der Waals surface area (Å²) in [5.74, 6) is -0.773. The minimum atomic E-state index is -0.773. The quantitative estimate of drug-likeness (QED) is 0.822. The largest absolute Gasteiger partial charge is 0.480 e. The maximum Gasteiger partial charge on any atom is 0.325 e. The third kappa shape index (κ3) is 4.07. The smallest absolute Gasteiger partial charge is 0.325 e. The Hall–Kier alpha value is -1.35. The summed E-state index contributed by atoms with van der Waals surface area (Å²) in [4.78, 5) is 11.7. The van der Waals surface area contributed by atoms with Crippen molar-refractivity contribution < 1.29 is 9.90 Å². The fourth-order valence-electron chi connectivity index (χ4n) is 3.27. The maximum absolute atomic E-state index is 11.7. The number of hydrogen-bond donors (Lipinski definition) is 2. The van der Waals surface area contributed by atoms with Gasteiger partial charge in [0.25, 0.3) is 0 Å². The number of benzene rings is 1. The van der Waals surface area contributed by atoms with Gasteiger partial charge < -0.3 is 5.11 Å². The molecule has 0 aromatic heterocycles. The Kier molecular flexibility index (Phi) is 5.40. The molecule has 0 spiro atoms. The number of carboxylic acids is 1. The number of aryl methyl sites for hydroxylation is 3. The molecule has 1 aliphatic carbocycles. The molecule has 1 atom stereocenters. The summed E-state index contributed by atoms with van der Waals surface area (Å²) in [5, 5.41) is 13.0. The lowest BCUT2D eigenvalue weighted by Crippen LogP contribution is -2.37. The van der Waals surface area contributed by atoms with Crippen LogP contribution in [0.4, 0.5) is 0 Å². The van der Waals surface area contributed by atoms with Crippen molar-refractivity contribution >= 4 is 5.97 Å². The summed E-state index contributed by atoms with van der Waals surface area (Å²) in [6, 6.07) is 3.87. The molecule has 2 N–H and O–H groups in total. The molecule has 1 aliphatic rings. The highest BCUT2D eigenvalue weighted by Crippen LogP contribution is 2.25. The van der Waals surface area contributed by atoms with Crippen LogP contribution in [0.2, 0.25) is 0 Å². The first kappa shape index (κ1) is 16.0. The maximum atomic E-state index is 11.7. The van der Waals surface area contributed by atoms with E-state index in [9.17, 15) is 9.90 Å². The Morgan fingerprint density at radius 3 is 2.19 bits per heavy atom. The van der Waals surface area contributed by atoms with Crippen LogP contribution in [0.1, 0.15) is 66.8 Å². The van der Waals surface area contributed by atoms with Crippen molar-refractivity contribution in [3.8, 4) is 0 Å². The Bertz CT molecular complexity index is 502. The van der Waals surface area contributed by atoms with Crippen LogP contribution in [0.5, 0.6) is 0 Å². The second-order valence-corrected chi connectivity index (χ2v) is 6.42. The molecule has 0 aliphatic heterocycles. The zero-order valence-corrected chi connectivity index (χ0v) is 13.4. The Labute approximate surface area is 127 Å². The van der Waals surface area contributed by atoms with Crippen LogP contribution in [0.3, 0.4) is 0 Å². The van der Waals surface area contributed by atoms with Crippen molar-refractivity contribution in [2.24, 2.45) is 0 Å². The van der Waals surface area contributed by atoms with Gasteiger partial charge in [-0.05, 0) is 55.9 Å². The Morgan fingerprint density at radius 1 is 1.05 bits per heavy atom. The topological polar surface area (TPSA) is 49.3 Å². The van der Waals surface area contributed by atoms with Gasteiger partial charge in [-0.15, -0.1) is 0 Å². The lowest BCUT2D eigenvalue weighted by Gasteiger charge is -2.24. The van der Waals surface area contributed by atoms with E-state index in [0.717, 1.165) is 29.5 Å². The number of carboxylic acid groups (broad SMARTS) is 1. The standard InChI is InChI=1S/C18H27NO2/c1-12-10-14(3)16(11-13(12)2)17(18(20)21)19-15-8-6-4-5-7-9-15/h10-11,15,17,19H,4-9H2,1-3H3,(H,20,21). The molecule has 1 aromatic rings. The summed E-state index contributed by atoms with van der Waals surface area (Å²) in [6.45, 7) is 6.12. The normalized spacial score (nSPS) is 18.2. The first-order valence-corrected chi connectivity index (χ1v) is 8.05. The predicted molar refractivity (Wildman–Crippen MR) is 85.7 cm³/mol. The van der Waals surface area contributed by atoms with Crippen LogP contribution in [-0.4, -0.2) is 17.1 Å². The minimum Gasteiger partial charge on any atom is -0.480 e. The second kappa shape index (κ2) is 7.08. The van der Waals surface area contributed by atoms with Gasteiger partial charge in [0, 0.05) is 6.04 Å². The van der Waals surface area contributed by atoms with E-state index in [4.69, 9.17) is 0 Å². The summed E-state index contributed by atoms with van der Waals surface area (Å²) in [7, 11) is 0. The van der Waals surface area contributed by atoms with Gasteiger partial charge in [-0.3, -0.25) is 10.1 Å². The van der Waals surface area contributed by atoms with Gasteiger partial charge in [0.2, 0.25) is 0 Å². The molecule has 0 saturated heterocycles. The fraction of sp³-hybridized carbons (Fsp3) is 0.611. The molecule has 1 unspecified atom stereocenters. The predicted octanol–water partition coefficient (Wildman–Crippen LogP) is 4.05. The van der Waals surface area contributed by atoms with Crippen LogP contribution in [0.15, 0.2) is 12.1 Å². The first-order chi connectivity index (χ1) is 9.99. The zero-order chi connectivity index (χ0) is 15.4. The fourth-order valence-corrected chi connectivity index (χ4v) is 3.27. The molecule has 1 aromatic carbocycles. The van der Waals surface area contributed by atoms with E-state index in [-0.39, 0.29) is 0 Å². The first-order valence-electron chi connectivity index (χ1n) is 8.05. The highest BCUT2D eigenvalue weighted by atomic mass is 16.4. The van der Waals surface area contributed by atoms with Gasteiger partial charge in [0.1, 0.15) is 6.04 Å². The summed E-state index contributed by atoms with van der Waals surface area (Å²) < 4.78 is 0.